The molecule has 0 aliphatic heterocycles. The van der Waals surface area contributed by atoms with Crippen molar-refractivity contribution in [3.8, 4) is 5.69 Å². The minimum atomic E-state index is -0.376. The van der Waals surface area contributed by atoms with Gasteiger partial charge in [0.1, 0.15) is 5.82 Å². The summed E-state index contributed by atoms with van der Waals surface area (Å²) in [4.78, 5) is 32.5. The second-order valence-corrected chi connectivity index (χ2v) is 5.22. The number of pyridine rings is 2. The van der Waals surface area contributed by atoms with Crippen molar-refractivity contribution >= 4 is 23.4 Å². The topological polar surface area (TPSA) is 114 Å². The van der Waals surface area contributed by atoms with Crippen molar-refractivity contribution in [1.29, 1.82) is 0 Å². The Balaban J connectivity index is 1.91. The van der Waals surface area contributed by atoms with Crippen molar-refractivity contribution in [1.82, 2.24) is 25.1 Å². The first-order valence-electron chi connectivity index (χ1n) is 7.93. The molecule has 0 spiro atoms. The normalized spacial score (nSPS) is 10.2. The van der Waals surface area contributed by atoms with Crippen LogP contribution in [0.1, 0.15) is 17.3 Å². The number of urea groups is 1. The molecule has 0 bridgehead atoms. The van der Waals surface area contributed by atoms with E-state index in [0.717, 1.165) is 0 Å². The van der Waals surface area contributed by atoms with Crippen molar-refractivity contribution in [2.45, 2.75) is 6.92 Å². The number of aromatic nitrogens is 4. The van der Waals surface area contributed by atoms with Gasteiger partial charge in [0, 0.05) is 37.4 Å². The Labute approximate surface area is 149 Å². The molecular formula is C17H17N7O2. The van der Waals surface area contributed by atoms with Gasteiger partial charge in [0.05, 0.1) is 23.1 Å². The van der Waals surface area contributed by atoms with Crippen LogP contribution in [-0.4, -0.2) is 38.2 Å². The summed E-state index contributed by atoms with van der Waals surface area (Å²) in [7, 11) is 0. The van der Waals surface area contributed by atoms with Gasteiger partial charge in [-0.05, 0) is 25.1 Å². The molecule has 26 heavy (non-hydrogen) atoms. The zero-order chi connectivity index (χ0) is 18.4. The Morgan fingerprint density at radius 3 is 2.73 bits per heavy atom. The van der Waals surface area contributed by atoms with Crippen LogP contribution in [0.15, 0.2) is 55.2 Å². The van der Waals surface area contributed by atoms with E-state index in [2.05, 4.69) is 31.0 Å². The molecule has 0 aliphatic rings. The van der Waals surface area contributed by atoms with Gasteiger partial charge < -0.3 is 10.6 Å². The molecule has 3 N–H and O–H groups in total. The van der Waals surface area contributed by atoms with Crippen molar-refractivity contribution < 1.29 is 9.59 Å². The summed E-state index contributed by atoms with van der Waals surface area (Å²) in [6.45, 7) is 2.30. The van der Waals surface area contributed by atoms with Crippen LogP contribution in [0.2, 0.25) is 0 Å². The monoisotopic (exact) mass is 351 g/mol. The lowest BCUT2D eigenvalue weighted by Crippen LogP contribution is -2.28. The first kappa shape index (κ1) is 17.1. The average Bonchev–Trinajstić information content (AvgIpc) is 3.17. The van der Waals surface area contributed by atoms with Crippen LogP contribution in [0.3, 0.4) is 0 Å². The lowest BCUT2D eigenvalue weighted by atomic mass is 10.2. The van der Waals surface area contributed by atoms with Gasteiger partial charge in [-0.15, -0.1) is 0 Å². The zero-order valence-electron chi connectivity index (χ0n) is 14.0. The molecule has 132 valence electrons. The summed E-state index contributed by atoms with van der Waals surface area (Å²) in [6, 6.07) is 6.40. The van der Waals surface area contributed by atoms with E-state index >= 15 is 0 Å². The lowest BCUT2D eigenvalue weighted by Gasteiger charge is -2.12. The molecule has 3 heterocycles. The van der Waals surface area contributed by atoms with Gasteiger partial charge in [-0.1, -0.05) is 0 Å². The highest BCUT2D eigenvalue weighted by atomic mass is 16.2. The second-order valence-electron chi connectivity index (χ2n) is 5.22. The van der Waals surface area contributed by atoms with E-state index in [9.17, 15) is 9.59 Å². The summed E-state index contributed by atoms with van der Waals surface area (Å²) in [5, 5.41) is 12.2. The maximum Gasteiger partial charge on any atom is 0.320 e. The van der Waals surface area contributed by atoms with Crippen LogP contribution in [0.4, 0.5) is 16.3 Å². The number of nitrogens with zero attached hydrogens (tertiary/aromatic N) is 4. The predicted octanol–water partition coefficient (Wildman–Crippen LogP) is 2.06. The number of carbonyl (C=O) groups is 2. The third kappa shape index (κ3) is 4.01. The standard InChI is InChI=1S/C17H17N7O2/c1-2-19-17(26)23-15-9-14(24-8-4-7-21-24)13(11-20-15)16(25)22-12-5-3-6-18-10-12/h3-11H,2H2,1H3,(H,22,25)(H2,19,20,23,26). The molecular weight excluding hydrogens is 334 g/mol. The molecule has 0 fully saturated rings. The number of nitrogens with one attached hydrogen (secondary N) is 3. The van der Waals surface area contributed by atoms with Crippen molar-refractivity contribution in [3.63, 3.8) is 0 Å². The summed E-state index contributed by atoms with van der Waals surface area (Å²) in [5.41, 5.74) is 1.35. The summed E-state index contributed by atoms with van der Waals surface area (Å²) in [5.74, 6) is -0.0556. The molecule has 0 aromatic carbocycles. The summed E-state index contributed by atoms with van der Waals surface area (Å²) in [6.07, 6.45) is 7.86. The number of carbonyl (C=O) groups excluding carboxylic acids is 2. The highest BCUT2D eigenvalue weighted by molar-refractivity contribution is 6.06. The van der Waals surface area contributed by atoms with Crippen LogP contribution in [0.5, 0.6) is 0 Å². The van der Waals surface area contributed by atoms with Crippen LogP contribution in [0, 0.1) is 0 Å². The largest absolute Gasteiger partial charge is 0.338 e. The van der Waals surface area contributed by atoms with E-state index in [1.165, 1.54) is 10.9 Å². The second kappa shape index (κ2) is 7.88. The maximum atomic E-state index is 12.6. The fraction of sp³-hybridized carbons (Fsp3) is 0.118. The Bertz CT molecular complexity index is 895. The van der Waals surface area contributed by atoms with Crippen LogP contribution >= 0.6 is 0 Å². The van der Waals surface area contributed by atoms with Crippen molar-refractivity contribution in [2.75, 3.05) is 17.2 Å². The number of amides is 3. The van der Waals surface area contributed by atoms with Gasteiger partial charge in [-0.25, -0.2) is 14.5 Å². The Morgan fingerprint density at radius 2 is 2.04 bits per heavy atom. The molecule has 0 radical (unpaired) electrons. The highest BCUT2D eigenvalue weighted by Crippen LogP contribution is 2.18. The third-order valence-corrected chi connectivity index (χ3v) is 3.38. The molecule has 0 unspecified atom stereocenters. The Morgan fingerprint density at radius 1 is 1.15 bits per heavy atom. The smallest absolute Gasteiger partial charge is 0.320 e. The van der Waals surface area contributed by atoms with Gasteiger partial charge in [0.2, 0.25) is 0 Å². The SMILES string of the molecule is CCNC(=O)Nc1cc(-n2cccn2)c(C(=O)Nc2cccnc2)cn1. The first-order chi connectivity index (χ1) is 12.7. The molecule has 9 nitrogen and oxygen atoms in total. The van der Waals surface area contributed by atoms with Crippen LogP contribution in [0.25, 0.3) is 5.69 Å². The van der Waals surface area contributed by atoms with Crippen molar-refractivity contribution in [2.24, 2.45) is 0 Å². The summed E-state index contributed by atoms with van der Waals surface area (Å²) >= 11 is 0. The van der Waals surface area contributed by atoms with Crippen LogP contribution in [-0.2, 0) is 0 Å². The quantitative estimate of drug-likeness (QED) is 0.651. The molecule has 0 saturated heterocycles. The fourth-order valence-electron chi connectivity index (χ4n) is 2.25. The first-order valence-corrected chi connectivity index (χ1v) is 7.93. The van der Waals surface area contributed by atoms with Crippen molar-refractivity contribution in [3.05, 3.63) is 60.8 Å². The molecule has 0 atom stereocenters. The van der Waals surface area contributed by atoms with Gasteiger partial charge in [-0.3, -0.25) is 15.1 Å². The fourth-order valence-corrected chi connectivity index (χ4v) is 2.25. The van der Waals surface area contributed by atoms with E-state index in [0.29, 0.717) is 29.3 Å². The summed E-state index contributed by atoms with van der Waals surface area (Å²) < 4.78 is 1.53. The number of hydrogen-bond acceptors (Lipinski definition) is 5. The zero-order valence-corrected chi connectivity index (χ0v) is 14.0. The Hall–Kier alpha value is -3.75. The van der Waals surface area contributed by atoms with Gasteiger partial charge in [0.15, 0.2) is 0 Å². The number of rotatable bonds is 5. The number of anilines is 2. The predicted molar refractivity (Wildman–Crippen MR) is 96.2 cm³/mol. The van der Waals surface area contributed by atoms with E-state index in [1.807, 2.05) is 6.92 Å². The molecule has 0 saturated carbocycles. The molecule has 9 heteroatoms. The molecule has 0 aliphatic carbocycles. The maximum absolute atomic E-state index is 12.6. The van der Waals surface area contributed by atoms with E-state index < -0.39 is 0 Å². The lowest BCUT2D eigenvalue weighted by molar-refractivity contribution is 0.102. The Kier molecular flexibility index (Phi) is 5.18. The highest BCUT2D eigenvalue weighted by Gasteiger charge is 2.16. The third-order valence-electron chi connectivity index (χ3n) is 3.38. The van der Waals surface area contributed by atoms with E-state index in [1.54, 1.807) is 49.1 Å². The molecule has 3 rings (SSSR count). The van der Waals surface area contributed by atoms with E-state index in [-0.39, 0.29) is 11.9 Å². The molecule has 3 aromatic heterocycles. The minimum Gasteiger partial charge on any atom is -0.338 e. The average molecular weight is 351 g/mol. The van der Waals surface area contributed by atoms with E-state index in [4.69, 9.17) is 0 Å². The molecule has 3 amide bonds. The van der Waals surface area contributed by atoms with Gasteiger partial charge in [-0.2, -0.15) is 5.10 Å². The van der Waals surface area contributed by atoms with Gasteiger partial charge in [0.25, 0.3) is 5.91 Å². The minimum absolute atomic E-state index is 0.305. The van der Waals surface area contributed by atoms with Gasteiger partial charge >= 0.3 is 6.03 Å². The number of hydrogen-bond donors (Lipinski definition) is 3. The van der Waals surface area contributed by atoms with Crippen LogP contribution < -0.4 is 16.0 Å². The molecule has 3 aromatic rings.